The fourth-order valence-electron chi connectivity index (χ4n) is 3.39. The number of guanidine groups is 1. The number of halogens is 4. The number of hydrogen-bond acceptors (Lipinski definition) is 3. The summed E-state index contributed by atoms with van der Waals surface area (Å²) in [6, 6.07) is 10.2. The van der Waals surface area contributed by atoms with E-state index in [1.54, 1.807) is 6.07 Å². The highest BCUT2D eigenvalue weighted by atomic mass is 127. The number of ether oxygens (including phenoxy) is 1. The van der Waals surface area contributed by atoms with Crippen molar-refractivity contribution >= 4 is 41.3 Å². The van der Waals surface area contributed by atoms with Crippen molar-refractivity contribution in [2.45, 2.75) is 26.6 Å². The number of benzene rings is 2. The molecule has 0 aromatic heterocycles. The van der Waals surface area contributed by atoms with Gasteiger partial charge in [0.15, 0.2) is 5.96 Å². The summed E-state index contributed by atoms with van der Waals surface area (Å²) < 4.78 is 46.1. The summed E-state index contributed by atoms with van der Waals surface area (Å²) in [6.45, 7) is 5.90. The van der Waals surface area contributed by atoms with Gasteiger partial charge in [-0.2, -0.15) is 13.2 Å². The van der Waals surface area contributed by atoms with Gasteiger partial charge in [-0.1, -0.05) is 12.1 Å². The molecule has 0 aliphatic carbocycles. The zero-order valence-electron chi connectivity index (χ0n) is 16.9. The maximum Gasteiger partial charge on any atom is 0.416 e. The molecule has 1 aliphatic heterocycles. The Bertz CT molecular complexity index is 876. The van der Waals surface area contributed by atoms with Gasteiger partial charge in [0, 0.05) is 24.5 Å². The van der Waals surface area contributed by atoms with E-state index in [-0.39, 0.29) is 42.0 Å². The number of anilines is 2. The molecule has 9 heteroatoms. The van der Waals surface area contributed by atoms with Crippen LogP contribution in [0.3, 0.4) is 0 Å². The number of nitrogens with two attached hydrogens (primary N) is 1. The molecule has 0 atom stereocenters. The SMILES string of the molecule is Cc1cc(C)cc(NC(N)=NCc2ccc(N3CCOCC3)cc2C(F)(F)F)c1.I. The van der Waals surface area contributed by atoms with Crippen molar-refractivity contribution in [3.05, 3.63) is 58.7 Å². The maximum absolute atomic E-state index is 13.6. The average Bonchev–Trinajstić information content (AvgIpc) is 2.65. The summed E-state index contributed by atoms with van der Waals surface area (Å²) in [5, 5.41) is 2.94. The van der Waals surface area contributed by atoms with Gasteiger partial charge in [-0.3, -0.25) is 0 Å². The third kappa shape index (κ3) is 6.49. The van der Waals surface area contributed by atoms with E-state index in [0.29, 0.717) is 32.0 Å². The van der Waals surface area contributed by atoms with E-state index in [1.165, 1.54) is 12.1 Å². The molecular formula is C21H26F3IN4O. The van der Waals surface area contributed by atoms with Crippen molar-refractivity contribution in [1.82, 2.24) is 0 Å². The number of alkyl halides is 3. The zero-order chi connectivity index (χ0) is 21.0. The highest BCUT2D eigenvalue weighted by molar-refractivity contribution is 14.0. The summed E-state index contributed by atoms with van der Waals surface area (Å²) in [5.41, 5.74) is 8.68. The van der Waals surface area contributed by atoms with Crippen LogP contribution in [-0.2, 0) is 17.5 Å². The average molecular weight is 534 g/mol. The van der Waals surface area contributed by atoms with Gasteiger partial charge in [-0.25, -0.2) is 4.99 Å². The van der Waals surface area contributed by atoms with E-state index in [1.807, 2.05) is 36.9 Å². The Kier molecular flexibility index (Phi) is 8.36. The van der Waals surface area contributed by atoms with Crippen molar-refractivity contribution in [3.8, 4) is 0 Å². The second-order valence-electron chi connectivity index (χ2n) is 7.14. The van der Waals surface area contributed by atoms with Crippen LogP contribution in [0, 0.1) is 13.8 Å². The number of aliphatic imine (C=N–C) groups is 1. The van der Waals surface area contributed by atoms with Gasteiger partial charge in [0.05, 0.1) is 25.3 Å². The molecule has 0 bridgehead atoms. The van der Waals surface area contributed by atoms with Crippen molar-refractivity contribution in [2.75, 3.05) is 36.5 Å². The Morgan fingerprint density at radius 1 is 1.10 bits per heavy atom. The topological polar surface area (TPSA) is 62.9 Å². The van der Waals surface area contributed by atoms with Crippen LogP contribution in [-0.4, -0.2) is 32.3 Å². The predicted octanol–water partition coefficient (Wildman–Crippen LogP) is 4.70. The zero-order valence-corrected chi connectivity index (χ0v) is 19.3. The van der Waals surface area contributed by atoms with Crippen LogP contribution in [0.25, 0.3) is 0 Å². The first kappa shape index (κ1) is 24.3. The summed E-state index contributed by atoms with van der Waals surface area (Å²) in [7, 11) is 0. The van der Waals surface area contributed by atoms with Crippen LogP contribution < -0.4 is 16.0 Å². The highest BCUT2D eigenvalue weighted by Gasteiger charge is 2.34. The molecule has 3 rings (SSSR count). The molecule has 0 amide bonds. The van der Waals surface area contributed by atoms with Crippen LogP contribution >= 0.6 is 24.0 Å². The van der Waals surface area contributed by atoms with Crippen molar-refractivity contribution in [2.24, 2.45) is 10.7 Å². The van der Waals surface area contributed by atoms with Crippen molar-refractivity contribution < 1.29 is 17.9 Å². The Labute approximate surface area is 191 Å². The number of aryl methyl sites for hydroxylation is 2. The maximum atomic E-state index is 13.6. The van der Waals surface area contributed by atoms with E-state index >= 15 is 0 Å². The lowest BCUT2D eigenvalue weighted by molar-refractivity contribution is -0.138. The first-order valence-electron chi connectivity index (χ1n) is 9.40. The molecule has 30 heavy (non-hydrogen) atoms. The molecule has 1 saturated heterocycles. The molecular weight excluding hydrogens is 508 g/mol. The first-order valence-corrected chi connectivity index (χ1v) is 9.40. The molecule has 164 valence electrons. The second-order valence-corrected chi connectivity index (χ2v) is 7.14. The minimum atomic E-state index is -4.47. The van der Waals surface area contributed by atoms with Gasteiger partial charge in [0.2, 0.25) is 0 Å². The monoisotopic (exact) mass is 534 g/mol. The van der Waals surface area contributed by atoms with Crippen LogP contribution in [0.4, 0.5) is 24.5 Å². The quantitative estimate of drug-likeness (QED) is 0.339. The normalized spacial score (nSPS) is 15.0. The molecule has 1 heterocycles. The lowest BCUT2D eigenvalue weighted by atomic mass is 10.1. The summed E-state index contributed by atoms with van der Waals surface area (Å²) in [5.74, 6) is 0.0698. The lowest BCUT2D eigenvalue weighted by Gasteiger charge is -2.29. The van der Waals surface area contributed by atoms with Gasteiger partial charge in [0.25, 0.3) is 0 Å². The molecule has 1 fully saturated rings. The predicted molar refractivity (Wildman–Crippen MR) is 125 cm³/mol. The first-order chi connectivity index (χ1) is 13.7. The number of nitrogens with one attached hydrogen (secondary N) is 1. The number of hydrogen-bond donors (Lipinski definition) is 2. The van der Waals surface area contributed by atoms with Gasteiger partial charge in [-0.15, -0.1) is 24.0 Å². The fraction of sp³-hybridized carbons (Fsp3) is 0.381. The molecule has 3 N–H and O–H groups in total. The molecule has 0 spiro atoms. The summed E-state index contributed by atoms with van der Waals surface area (Å²) >= 11 is 0. The standard InChI is InChI=1S/C21H25F3N4O.HI/c1-14-9-15(2)11-17(10-14)27-20(25)26-13-16-3-4-18(12-19(16)21(22,23)24)28-5-7-29-8-6-28;/h3-4,9-12H,5-8,13H2,1-2H3,(H3,25,26,27);1H. The Hall–Kier alpha value is -2.01. The minimum Gasteiger partial charge on any atom is -0.378 e. The van der Waals surface area contributed by atoms with Crippen LogP contribution in [0.15, 0.2) is 41.4 Å². The van der Waals surface area contributed by atoms with Crippen LogP contribution in [0.5, 0.6) is 0 Å². The lowest BCUT2D eigenvalue weighted by Crippen LogP contribution is -2.36. The molecule has 1 aliphatic rings. The molecule has 2 aromatic rings. The van der Waals surface area contributed by atoms with Gasteiger partial charge in [-0.05, 0) is 54.8 Å². The van der Waals surface area contributed by atoms with E-state index in [0.717, 1.165) is 16.8 Å². The van der Waals surface area contributed by atoms with Crippen LogP contribution in [0.2, 0.25) is 0 Å². The second kappa shape index (κ2) is 10.3. The Morgan fingerprint density at radius 2 is 1.73 bits per heavy atom. The smallest absolute Gasteiger partial charge is 0.378 e. The fourth-order valence-corrected chi connectivity index (χ4v) is 3.39. The number of nitrogens with zero attached hydrogens (tertiary/aromatic N) is 2. The van der Waals surface area contributed by atoms with E-state index in [2.05, 4.69) is 10.3 Å². The van der Waals surface area contributed by atoms with Gasteiger partial charge < -0.3 is 20.7 Å². The summed E-state index contributed by atoms with van der Waals surface area (Å²) in [4.78, 5) is 6.01. The molecule has 0 unspecified atom stereocenters. The number of rotatable bonds is 4. The molecule has 0 radical (unpaired) electrons. The van der Waals surface area contributed by atoms with Gasteiger partial charge in [0.1, 0.15) is 0 Å². The largest absolute Gasteiger partial charge is 0.416 e. The van der Waals surface area contributed by atoms with Crippen molar-refractivity contribution in [3.63, 3.8) is 0 Å². The summed E-state index contributed by atoms with van der Waals surface area (Å²) in [6.07, 6.45) is -4.47. The van der Waals surface area contributed by atoms with Crippen LogP contribution in [0.1, 0.15) is 22.3 Å². The highest BCUT2D eigenvalue weighted by Crippen LogP contribution is 2.35. The number of morpholine rings is 1. The van der Waals surface area contributed by atoms with E-state index in [4.69, 9.17) is 10.5 Å². The minimum absolute atomic E-state index is 0. The molecule has 2 aromatic carbocycles. The molecule has 5 nitrogen and oxygen atoms in total. The third-order valence-electron chi connectivity index (χ3n) is 4.69. The van der Waals surface area contributed by atoms with E-state index < -0.39 is 11.7 Å². The molecule has 0 saturated carbocycles. The van der Waals surface area contributed by atoms with Crippen molar-refractivity contribution in [1.29, 1.82) is 0 Å². The van der Waals surface area contributed by atoms with Gasteiger partial charge >= 0.3 is 6.18 Å². The third-order valence-corrected chi connectivity index (χ3v) is 4.69. The Balaban J connectivity index is 0.00000320. The van der Waals surface area contributed by atoms with E-state index in [9.17, 15) is 13.2 Å². The Morgan fingerprint density at radius 3 is 2.33 bits per heavy atom.